The third-order valence-corrected chi connectivity index (χ3v) is 6.33. The van der Waals surface area contributed by atoms with Crippen LogP contribution < -0.4 is 10.2 Å². The third kappa shape index (κ3) is 6.99. The van der Waals surface area contributed by atoms with Crippen LogP contribution in [0.5, 0.6) is 0 Å². The average Bonchev–Trinajstić information content (AvgIpc) is 3.13. The Kier molecular flexibility index (Phi) is 9.54. The standard InChI is InChI=1S/C19H16N4OS.C2H6OS2/c1-14-18(21-13-24)22-19(25-14)23(12-16-5-3-2-4-6-16)17-9-7-15(11-20)8-10-17;1-5(3)2-4/h2-10,13H,12H2,1H3,(H,21,24);4H,2H2,1H3. The number of thiol groups is 1. The molecule has 0 aliphatic heterocycles. The van der Waals surface area contributed by atoms with Gasteiger partial charge in [-0.05, 0) is 36.8 Å². The zero-order valence-corrected chi connectivity index (χ0v) is 19.1. The summed E-state index contributed by atoms with van der Waals surface area (Å²) < 4.78 is 9.85. The van der Waals surface area contributed by atoms with Gasteiger partial charge in [-0.25, -0.2) is 4.98 Å². The number of rotatable bonds is 7. The zero-order valence-electron chi connectivity index (χ0n) is 16.6. The number of thiazole rings is 1. The minimum atomic E-state index is -0.708. The predicted molar refractivity (Wildman–Crippen MR) is 128 cm³/mol. The van der Waals surface area contributed by atoms with E-state index in [0.717, 1.165) is 21.3 Å². The Bertz CT molecular complexity index is 1010. The lowest BCUT2D eigenvalue weighted by Crippen LogP contribution is -2.16. The smallest absolute Gasteiger partial charge is 0.212 e. The van der Waals surface area contributed by atoms with Gasteiger partial charge in [-0.3, -0.25) is 9.00 Å². The van der Waals surface area contributed by atoms with Crippen LogP contribution in [-0.4, -0.2) is 26.9 Å². The van der Waals surface area contributed by atoms with Crippen LogP contribution >= 0.6 is 24.0 Å². The second-order valence-corrected chi connectivity index (χ2v) is 9.46. The van der Waals surface area contributed by atoms with Crippen LogP contribution in [0.3, 0.4) is 0 Å². The Balaban J connectivity index is 0.000000575. The number of aromatic nitrogens is 1. The first-order chi connectivity index (χ1) is 14.5. The first kappa shape index (κ1) is 23.6. The van der Waals surface area contributed by atoms with Crippen LogP contribution in [0.15, 0.2) is 54.6 Å². The van der Waals surface area contributed by atoms with Gasteiger partial charge in [-0.15, -0.1) is 0 Å². The molecule has 2 aromatic carbocycles. The maximum absolute atomic E-state index is 10.7. The van der Waals surface area contributed by atoms with Gasteiger partial charge in [0.1, 0.15) is 5.82 Å². The second-order valence-electron chi connectivity index (χ2n) is 6.10. The number of carbonyl (C=O) groups excluding carboxylic acids is 1. The third-order valence-electron chi connectivity index (χ3n) is 3.89. The Morgan fingerprint density at radius 1 is 1.23 bits per heavy atom. The SMILES string of the molecule is CS(=O)CS.Cc1sc(N(Cc2ccccc2)c2ccc(C#N)cc2)nc1NC=O. The van der Waals surface area contributed by atoms with E-state index in [1.807, 2.05) is 37.3 Å². The molecule has 1 N–H and O–H groups in total. The molecular weight excluding hydrogens is 436 g/mol. The highest BCUT2D eigenvalue weighted by Gasteiger charge is 2.16. The number of anilines is 3. The van der Waals surface area contributed by atoms with Gasteiger partial charge in [0, 0.05) is 27.6 Å². The lowest BCUT2D eigenvalue weighted by molar-refractivity contribution is -0.105. The van der Waals surface area contributed by atoms with Crippen molar-refractivity contribution >= 4 is 57.8 Å². The summed E-state index contributed by atoms with van der Waals surface area (Å²) in [5.74, 6) is 0.571. The van der Waals surface area contributed by atoms with Crippen molar-refractivity contribution in [1.29, 1.82) is 5.26 Å². The molecule has 1 amide bonds. The first-order valence-corrected chi connectivity index (χ1v) is 12.1. The van der Waals surface area contributed by atoms with Gasteiger partial charge in [0.15, 0.2) is 5.13 Å². The van der Waals surface area contributed by atoms with E-state index in [1.54, 1.807) is 18.4 Å². The lowest BCUT2D eigenvalue weighted by atomic mass is 10.2. The maximum Gasteiger partial charge on any atom is 0.212 e. The fourth-order valence-electron chi connectivity index (χ4n) is 2.44. The van der Waals surface area contributed by atoms with Crippen molar-refractivity contribution in [3.63, 3.8) is 0 Å². The minimum Gasteiger partial charge on any atom is -0.313 e. The number of aryl methyl sites for hydroxylation is 1. The minimum absolute atomic E-state index is 0.472. The Hall–Kier alpha value is -2.67. The largest absolute Gasteiger partial charge is 0.313 e. The maximum atomic E-state index is 10.7. The first-order valence-electron chi connectivity index (χ1n) is 8.88. The van der Waals surface area contributed by atoms with Crippen molar-refractivity contribution in [3.05, 3.63) is 70.6 Å². The monoisotopic (exact) mass is 458 g/mol. The number of amides is 1. The van der Waals surface area contributed by atoms with Crippen LogP contribution in [0.1, 0.15) is 16.0 Å². The van der Waals surface area contributed by atoms with Crippen molar-refractivity contribution in [1.82, 2.24) is 4.98 Å². The normalized spacial score (nSPS) is 10.9. The molecule has 6 nitrogen and oxygen atoms in total. The molecule has 1 heterocycles. The van der Waals surface area contributed by atoms with E-state index in [0.29, 0.717) is 29.4 Å². The van der Waals surface area contributed by atoms with E-state index in [4.69, 9.17) is 5.26 Å². The van der Waals surface area contributed by atoms with E-state index in [-0.39, 0.29) is 0 Å². The molecule has 0 aliphatic carbocycles. The van der Waals surface area contributed by atoms with E-state index in [2.05, 4.69) is 46.0 Å². The molecule has 30 heavy (non-hydrogen) atoms. The number of carbonyl (C=O) groups is 1. The fourth-order valence-corrected chi connectivity index (χ4v) is 3.33. The molecule has 0 bridgehead atoms. The number of nitrogens with one attached hydrogen (secondary N) is 1. The highest BCUT2D eigenvalue weighted by Crippen LogP contribution is 2.34. The predicted octanol–water partition coefficient (Wildman–Crippen LogP) is 4.48. The van der Waals surface area contributed by atoms with Gasteiger partial charge in [0.2, 0.25) is 6.41 Å². The molecule has 0 radical (unpaired) electrons. The molecule has 1 aromatic heterocycles. The molecule has 3 rings (SSSR count). The topological polar surface area (TPSA) is 86.1 Å². The summed E-state index contributed by atoms with van der Waals surface area (Å²) in [6.07, 6.45) is 2.25. The Labute approximate surface area is 188 Å². The number of nitriles is 1. The van der Waals surface area contributed by atoms with Crippen LogP contribution in [-0.2, 0) is 22.1 Å². The molecule has 1 unspecified atom stereocenters. The number of nitrogens with zero attached hydrogens (tertiary/aromatic N) is 3. The summed E-state index contributed by atoms with van der Waals surface area (Å²) >= 11 is 5.23. The van der Waals surface area contributed by atoms with Crippen molar-refractivity contribution in [2.75, 3.05) is 21.6 Å². The van der Waals surface area contributed by atoms with Crippen molar-refractivity contribution in [3.8, 4) is 6.07 Å². The molecule has 9 heteroatoms. The molecule has 0 spiro atoms. The molecule has 0 aliphatic rings. The Morgan fingerprint density at radius 3 is 2.40 bits per heavy atom. The summed E-state index contributed by atoms with van der Waals surface area (Å²) in [4.78, 5) is 18.3. The van der Waals surface area contributed by atoms with Gasteiger partial charge < -0.3 is 10.2 Å². The second kappa shape index (κ2) is 12.1. The lowest BCUT2D eigenvalue weighted by Gasteiger charge is -2.22. The van der Waals surface area contributed by atoms with Crippen LogP contribution in [0.25, 0.3) is 0 Å². The summed E-state index contributed by atoms with van der Waals surface area (Å²) in [6.45, 7) is 2.56. The fraction of sp³-hybridized carbons (Fsp3) is 0.190. The highest BCUT2D eigenvalue weighted by atomic mass is 32.2. The van der Waals surface area contributed by atoms with Crippen LogP contribution in [0.2, 0.25) is 0 Å². The van der Waals surface area contributed by atoms with Gasteiger partial charge in [-0.2, -0.15) is 17.9 Å². The molecule has 1 atom stereocenters. The van der Waals surface area contributed by atoms with E-state index in [9.17, 15) is 9.00 Å². The molecular formula is C21H22N4O2S3. The summed E-state index contributed by atoms with van der Waals surface area (Å²) in [5, 5.41) is 12.9. The number of hydrogen-bond donors (Lipinski definition) is 2. The summed E-state index contributed by atoms with van der Waals surface area (Å²) in [6, 6.07) is 19.6. The molecule has 3 aromatic rings. The Morgan fingerprint density at radius 2 is 1.87 bits per heavy atom. The van der Waals surface area contributed by atoms with Crippen molar-refractivity contribution in [2.24, 2.45) is 0 Å². The molecule has 156 valence electrons. The average molecular weight is 459 g/mol. The van der Waals surface area contributed by atoms with Gasteiger partial charge in [0.25, 0.3) is 0 Å². The van der Waals surface area contributed by atoms with Crippen molar-refractivity contribution in [2.45, 2.75) is 13.5 Å². The molecule has 0 saturated carbocycles. The van der Waals surface area contributed by atoms with E-state index >= 15 is 0 Å². The van der Waals surface area contributed by atoms with Gasteiger partial charge in [-0.1, -0.05) is 41.7 Å². The quantitative estimate of drug-likeness (QED) is 0.403. The van der Waals surface area contributed by atoms with Gasteiger partial charge >= 0.3 is 0 Å². The van der Waals surface area contributed by atoms with Gasteiger partial charge in [0.05, 0.1) is 23.3 Å². The zero-order chi connectivity index (χ0) is 21.9. The molecule has 0 fully saturated rings. The van der Waals surface area contributed by atoms with Crippen LogP contribution in [0.4, 0.5) is 16.6 Å². The van der Waals surface area contributed by atoms with Crippen molar-refractivity contribution < 1.29 is 9.00 Å². The van der Waals surface area contributed by atoms with E-state index < -0.39 is 10.8 Å². The summed E-state index contributed by atoms with van der Waals surface area (Å²) in [5.41, 5.74) is 2.70. The molecule has 0 saturated heterocycles. The number of benzene rings is 2. The number of hydrogen-bond acceptors (Lipinski definition) is 7. The highest BCUT2D eigenvalue weighted by molar-refractivity contribution is 7.99. The van der Waals surface area contributed by atoms with E-state index in [1.165, 1.54) is 11.3 Å². The van der Waals surface area contributed by atoms with Crippen LogP contribution in [0, 0.1) is 18.3 Å². The summed E-state index contributed by atoms with van der Waals surface area (Å²) in [7, 11) is -0.708.